The van der Waals surface area contributed by atoms with E-state index in [9.17, 15) is 4.79 Å². The fourth-order valence-electron chi connectivity index (χ4n) is 4.62. The van der Waals surface area contributed by atoms with Crippen LogP contribution in [0.4, 0.5) is 5.82 Å². The largest absolute Gasteiger partial charge is 0.383 e. The number of aryl methyl sites for hydroxylation is 1. The molecule has 2 N–H and O–H groups in total. The number of hydrogen-bond acceptors (Lipinski definition) is 7. The van der Waals surface area contributed by atoms with Gasteiger partial charge >= 0.3 is 0 Å². The molecule has 0 unspecified atom stereocenters. The molecule has 8 heteroatoms. The van der Waals surface area contributed by atoms with Gasteiger partial charge in [-0.1, -0.05) is 6.07 Å². The van der Waals surface area contributed by atoms with Gasteiger partial charge in [-0.3, -0.25) is 9.78 Å². The minimum absolute atomic E-state index is 0.123. The third-order valence-corrected chi connectivity index (χ3v) is 6.85. The first kappa shape index (κ1) is 23.8. The number of nitrogen functional groups attached to an aromatic ring is 1. The first-order chi connectivity index (χ1) is 17.5. The summed E-state index contributed by atoms with van der Waals surface area (Å²) in [6, 6.07) is 13.0. The van der Waals surface area contributed by atoms with Crippen molar-refractivity contribution in [1.29, 1.82) is 0 Å². The van der Waals surface area contributed by atoms with Crippen LogP contribution >= 0.6 is 0 Å². The Balaban J connectivity index is 1.45. The van der Waals surface area contributed by atoms with Gasteiger partial charge in [-0.05, 0) is 80.1 Å². The molecule has 184 valence electrons. The van der Waals surface area contributed by atoms with Crippen molar-refractivity contribution in [3.63, 3.8) is 0 Å². The number of rotatable bonds is 6. The molecule has 1 aromatic carbocycles. The Bertz CT molecular complexity index is 1350. The van der Waals surface area contributed by atoms with Gasteiger partial charge in [0.05, 0.1) is 23.8 Å². The molecule has 0 aliphatic carbocycles. The van der Waals surface area contributed by atoms with Gasteiger partial charge in [0.25, 0.3) is 5.91 Å². The summed E-state index contributed by atoms with van der Waals surface area (Å²) in [5.74, 6) is 1.42. The summed E-state index contributed by atoms with van der Waals surface area (Å²) in [4.78, 5) is 33.6. The van der Waals surface area contributed by atoms with E-state index >= 15 is 0 Å². The Morgan fingerprint density at radius 3 is 2.61 bits per heavy atom. The van der Waals surface area contributed by atoms with Crippen molar-refractivity contribution in [1.82, 2.24) is 24.8 Å². The van der Waals surface area contributed by atoms with Crippen LogP contribution < -0.4 is 5.73 Å². The second-order valence-corrected chi connectivity index (χ2v) is 9.28. The van der Waals surface area contributed by atoms with Crippen LogP contribution in [0, 0.1) is 6.92 Å². The smallest absolute Gasteiger partial charge is 0.254 e. The molecule has 1 saturated heterocycles. The van der Waals surface area contributed by atoms with E-state index in [0.717, 1.165) is 48.2 Å². The molecule has 0 spiro atoms. The lowest BCUT2D eigenvalue weighted by Gasteiger charge is -2.28. The van der Waals surface area contributed by atoms with Crippen molar-refractivity contribution in [3.05, 3.63) is 89.3 Å². The van der Waals surface area contributed by atoms with Gasteiger partial charge in [0.15, 0.2) is 0 Å². The minimum Gasteiger partial charge on any atom is -0.383 e. The minimum atomic E-state index is -0.349. The Labute approximate surface area is 210 Å². The molecule has 1 aliphatic rings. The molecule has 0 radical (unpaired) electrons. The van der Waals surface area contributed by atoms with Crippen LogP contribution in [-0.2, 0) is 11.3 Å². The van der Waals surface area contributed by atoms with Crippen molar-refractivity contribution in [3.8, 4) is 0 Å². The molecule has 5 rings (SSSR count). The lowest BCUT2D eigenvalue weighted by atomic mass is 9.93. The zero-order valence-electron chi connectivity index (χ0n) is 20.6. The van der Waals surface area contributed by atoms with E-state index in [0.29, 0.717) is 29.7 Å². The first-order valence-electron chi connectivity index (χ1n) is 12.3. The van der Waals surface area contributed by atoms with Crippen LogP contribution in [0.25, 0.3) is 10.9 Å². The van der Waals surface area contributed by atoms with E-state index in [4.69, 9.17) is 15.5 Å². The fourth-order valence-corrected chi connectivity index (χ4v) is 4.62. The average molecular weight is 483 g/mol. The third kappa shape index (κ3) is 5.04. The van der Waals surface area contributed by atoms with Crippen LogP contribution in [0.5, 0.6) is 0 Å². The van der Waals surface area contributed by atoms with E-state index in [1.165, 1.54) is 5.56 Å². The number of carbonyl (C=O) groups excluding carboxylic acids is 1. The quantitative estimate of drug-likeness (QED) is 0.428. The summed E-state index contributed by atoms with van der Waals surface area (Å²) in [7, 11) is 0. The molecule has 1 fully saturated rings. The molecular formula is C28H30N6O2. The molecule has 36 heavy (non-hydrogen) atoms. The molecule has 3 aromatic heterocycles. The number of carbonyl (C=O) groups is 1. The average Bonchev–Trinajstić information content (AvgIpc) is 2.93. The van der Waals surface area contributed by atoms with Crippen molar-refractivity contribution in [2.75, 3.05) is 18.9 Å². The predicted molar refractivity (Wildman–Crippen MR) is 138 cm³/mol. The molecule has 4 heterocycles. The molecular weight excluding hydrogens is 452 g/mol. The van der Waals surface area contributed by atoms with Crippen LogP contribution in [0.2, 0.25) is 0 Å². The summed E-state index contributed by atoms with van der Waals surface area (Å²) in [6.45, 7) is 5.76. The number of aromatic nitrogens is 4. The van der Waals surface area contributed by atoms with E-state index in [1.807, 2.05) is 44.3 Å². The second kappa shape index (κ2) is 10.4. The maximum absolute atomic E-state index is 13.9. The summed E-state index contributed by atoms with van der Waals surface area (Å²) >= 11 is 0. The number of amides is 1. The number of ether oxygens (including phenoxy) is 1. The van der Waals surface area contributed by atoms with Crippen LogP contribution in [0.3, 0.4) is 0 Å². The molecule has 0 bridgehead atoms. The van der Waals surface area contributed by atoms with Crippen molar-refractivity contribution in [2.45, 2.75) is 45.2 Å². The predicted octanol–water partition coefficient (Wildman–Crippen LogP) is 4.61. The summed E-state index contributed by atoms with van der Waals surface area (Å²) in [5, 5.41) is 0.870. The number of benzene rings is 1. The van der Waals surface area contributed by atoms with Gasteiger partial charge in [-0.2, -0.15) is 0 Å². The van der Waals surface area contributed by atoms with Crippen molar-refractivity contribution < 1.29 is 9.53 Å². The Hall–Kier alpha value is -3.91. The molecule has 1 amide bonds. The highest BCUT2D eigenvalue weighted by atomic mass is 16.5. The Kier molecular flexibility index (Phi) is 6.86. The number of nitrogens with two attached hydrogens (primary N) is 1. The SMILES string of the molecule is Cc1cc2cc(C(=O)N(Cc3ccc(C4CCOCC4)cn3)[C@@H](C)c3ncccn3)ccc2nc1N. The number of pyridine rings is 2. The maximum atomic E-state index is 13.9. The van der Waals surface area contributed by atoms with E-state index in [2.05, 4.69) is 21.0 Å². The molecule has 8 nitrogen and oxygen atoms in total. The zero-order chi connectivity index (χ0) is 25.1. The third-order valence-electron chi connectivity index (χ3n) is 6.85. The molecule has 0 saturated carbocycles. The van der Waals surface area contributed by atoms with E-state index in [-0.39, 0.29) is 11.9 Å². The monoisotopic (exact) mass is 482 g/mol. The van der Waals surface area contributed by atoms with Gasteiger partial charge in [0, 0.05) is 42.8 Å². The maximum Gasteiger partial charge on any atom is 0.254 e. The highest BCUT2D eigenvalue weighted by Crippen LogP contribution is 2.28. The standard InChI is InChI=1S/C28H30N6O2/c1-18-14-23-15-21(5-7-25(23)33-26(18)29)28(35)34(19(2)27-30-10-3-11-31-27)17-24-6-4-22(16-32-24)20-8-12-36-13-9-20/h3-7,10-11,14-16,19-20H,8-9,12-13,17H2,1-2H3,(H2,29,33)/t19-/m0/s1. The van der Waals surface area contributed by atoms with Gasteiger partial charge in [-0.25, -0.2) is 15.0 Å². The van der Waals surface area contributed by atoms with E-state index < -0.39 is 0 Å². The highest BCUT2D eigenvalue weighted by Gasteiger charge is 2.26. The fraction of sp³-hybridized carbons (Fsp3) is 0.321. The molecule has 4 aromatic rings. The number of anilines is 1. The summed E-state index contributed by atoms with van der Waals surface area (Å²) in [6.07, 6.45) is 7.34. The first-order valence-corrected chi connectivity index (χ1v) is 12.3. The second-order valence-electron chi connectivity index (χ2n) is 9.28. The normalized spacial score (nSPS) is 15.1. The van der Waals surface area contributed by atoms with Gasteiger partial charge in [0.1, 0.15) is 11.6 Å². The van der Waals surface area contributed by atoms with Crippen LogP contribution in [0.15, 0.2) is 61.1 Å². The number of nitrogens with zero attached hydrogens (tertiary/aromatic N) is 5. The highest BCUT2D eigenvalue weighted by molar-refractivity contribution is 5.98. The molecule has 1 atom stereocenters. The van der Waals surface area contributed by atoms with Crippen LogP contribution in [0.1, 0.15) is 64.7 Å². The van der Waals surface area contributed by atoms with Crippen molar-refractivity contribution >= 4 is 22.6 Å². The molecule has 1 aliphatic heterocycles. The van der Waals surface area contributed by atoms with E-state index in [1.54, 1.807) is 29.4 Å². The number of fused-ring (bicyclic) bond motifs is 1. The van der Waals surface area contributed by atoms with Gasteiger partial charge < -0.3 is 15.4 Å². The zero-order valence-corrected chi connectivity index (χ0v) is 20.6. The van der Waals surface area contributed by atoms with Crippen molar-refractivity contribution in [2.24, 2.45) is 0 Å². The lowest BCUT2D eigenvalue weighted by molar-refractivity contribution is 0.0663. The lowest BCUT2D eigenvalue weighted by Crippen LogP contribution is -2.34. The Morgan fingerprint density at radius 2 is 1.89 bits per heavy atom. The van der Waals surface area contributed by atoms with Crippen LogP contribution in [-0.4, -0.2) is 44.0 Å². The summed E-state index contributed by atoms with van der Waals surface area (Å²) < 4.78 is 5.49. The van der Waals surface area contributed by atoms with Gasteiger partial charge in [-0.15, -0.1) is 0 Å². The van der Waals surface area contributed by atoms with Gasteiger partial charge in [0.2, 0.25) is 0 Å². The number of hydrogen-bond donors (Lipinski definition) is 1. The Morgan fingerprint density at radius 1 is 1.11 bits per heavy atom. The topological polar surface area (TPSA) is 107 Å². The summed E-state index contributed by atoms with van der Waals surface area (Å²) in [5.41, 5.74) is 10.2.